The summed E-state index contributed by atoms with van der Waals surface area (Å²) < 4.78 is 5.30. The lowest BCUT2D eigenvalue weighted by atomic mass is 10.1. The Hall–Kier alpha value is -2.15. The van der Waals surface area contributed by atoms with Gasteiger partial charge >= 0.3 is 5.97 Å². The molecule has 0 fully saturated rings. The largest absolute Gasteiger partial charge is 0.478 e. The predicted octanol–water partition coefficient (Wildman–Crippen LogP) is 2.52. The molecule has 20 heavy (non-hydrogen) atoms. The first-order valence-electron chi connectivity index (χ1n) is 6.39. The summed E-state index contributed by atoms with van der Waals surface area (Å²) in [6, 6.07) is 3.75. The number of ether oxygens (including phenoxy) is 1. The maximum absolute atomic E-state index is 11.1. The highest BCUT2D eigenvalue weighted by molar-refractivity contribution is 5.95. The minimum absolute atomic E-state index is 0.103. The normalized spacial score (nSPS) is 10.2. The van der Waals surface area contributed by atoms with Crippen LogP contribution in [0.2, 0.25) is 0 Å². The van der Waals surface area contributed by atoms with Crippen molar-refractivity contribution >= 4 is 17.3 Å². The van der Waals surface area contributed by atoms with Gasteiger partial charge in [0, 0.05) is 37.6 Å². The third-order valence-electron chi connectivity index (χ3n) is 2.57. The Bertz CT molecular complexity index is 476. The topological polar surface area (TPSA) is 102 Å². The number of anilines is 1. The van der Waals surface area contributed by atoms with Gasteiger partial charge in [-0.2, -0.15) is 0 Å². The zero-order chi connectivity index (χ0) is 15.0. The number of nitro benzene ring substituents is 1. The number of non-ortho nitro benzene ring substituents is 1. The third kappa shape index (κ3) is 4.85. The van der Waals surface area contributed by atoms with Crippen LogP contribution < -0.4 is 5.32 Å². The second-order valence-electron chi connectivity index (χ2n) is 4.18. The van der Waals surface area contributed by atoms with Gasteiger partial charge in [-0.25, -0.2) is 4.79 Å². The van der Waals surface area contributed by atoms with Crippen molar-refractivity contribution in [3.05, 3.63) is 33.9 Å². The number of nitrogens with one attached hydrogen (secondary N) is 1. The van der Waals surface area contributed by atoms with E-state index >= 15 is 0 Å². The van der Waals surface area contributed by atoms with Crippen molar-refractivity contribution < 1.29 is 19.6 Å². The monoisotopic (exact) mass is 282 g/mol. The van der Waals surface area contributed by atoms with E-state index in [0.29, 0.717) is 25.4 Å². The number of nitrogens with zero attached hydrogens (tertiary/aromatic N) is 1. The van der Waals surface area contributed by atoms with E-state index in [4.69, 9.17) is 9.84 Å². The van der Waals surface area contributed by atoms with Crippen molar-refractivity contribution in [2.75, 3.05) is 25.1 Å². The minimum Gasteiger partial charge on any atom is -0.478 e. The lowest BCUT2D eigenvalue weighted by Gasteiger charge is -2.09. The fourth-order valence-corrected chi connectivity index (χ4v) is 1.62. The Morgan fingerprint density at radius 2 is 2.20 bits per heavy atom. The Morgan fingerprint density at radius 1 is 1.45 bits per heavy atom. The molecule has 0 aromatic heterocycles. The average Bonchev–Trinajstić information content (AvgIpc) is 2.42. The fraction of sp³-hybridized carbons (Fsp3) is 0.462. The molecule has 0 bridgehead atoms. The Kier molecular flexibility index (Phi) is 6.45. The summed E-state index contributed by atoms with van der Waals surface area (Å²) in [6.45, 7) is 3.87. The number of hydrogen-bond donors (Lipinski definition) is 2. The average molecular weight is 282 g/mol. The smallest absolute Gasteiger partial charge is 0.338 e. The molecule has 0 amide bonds. The molecule has 0 saturated heterocycles. The second-order valence-corrected chi connectivity index (χ2v) is 4.18. The van der Waals surface area contributed by atoms with E-state index in [9.17, 15) is 14.9 Å². The first kappa shape index (κ1) is 15.9. The van der Waals surface area contributed by atoms with E-state index in [-0.39, 0.29) is 11.3 Å². The third-order valence-corrected chi connectivity index (χ3v) is 2.57. The number of hydrogen-bond acceptors (Lipinski definition) is 5. The number of benzene rings is 1. The summed E-state index contributed by atoms with van der Waals surface area (Å²) >= 11 is 0. The Balaban J connectivity index is 2.60. The molecule has 0 radical (unpaired) electrons. The van der Waals surface area contributed by atoms with Crippen LogP contribution >= 0.6 is 0 Å². The zero-order valence-electron chi connectivity index (χ0n) is 11.3. The Morgan fingerprint density at radius 3 is 2.80 bits per heavy atom. The molecule has 0 atom stereocenters. The number of aromatic carboxylic acids is 1. The van der Waals surface area contributed by atoms with E-state index in [1.807, 2.05) is 6.92 Å². The molecule has 0 heterocycles. The molecule has 0 aliphatic carbocycles. The molecule has 1 aromatic carbocycles. The molecule has 0 aliphatic heterocycles. The van der Waals surface area contributed by atoms with Crippen LogP contribution in [0.25, 0.3) is 0 Å². The van der Waals surface area contributed by atoms with Gasteiger partial charge in [-0.1, -0.05) is 6.92 Å². The summed E-state index contributed by atoms with van der Waals surface area (Å²) in [5.74, 6) is -1.20. The van der Waals surface area contributed by atoms with E-state index < -0.39 is 10.9 Å². The molecule has 1 rings (SSSR count). The van der Waals surface area contributed by atoms with Gasteiger partial charge in [0.1, 0.15) is 0 Å². The van der Waals surface area contributed by atoms with E-state index in [1.165, 1.54) is 12.1 Å². The Labute approximate surface area is 116 Å². The van der Waals surface area contributed by atoms with Crippen LogP contribution in [0.15, 0.2) is 18.2 Å². The summed E-state index contributed by atoms with van der Waals surface area (Å²) in [5.41, 5.74) is 0.0338. The quantitative estimate of drug-likeness (QED) is 0.410. The van der Waals surface area contributed by atoms with Crippen molar-refractivity contribution in [2.24, 2.45) is 0 Å². The highest BCUT2D eigenvalue weighted by Gasteiger charge is 2.15. The van der Waals surface area contributed by atoms with Crippen molar-refractivity contribution in [3.63, 3.8) is 0 Å². The van der Waals surface area contributed by atoms with Gasteiger partial charge in [0.2, 0.25) is 0 Å². The van der Waals surface area contributed by atoms with Gasteiger partial charge in [0.15, 0.2) is 0 Å². The molecule has 110 valence electrons. The summed E-state index contributed by atoms with van der Waals surface area (Å²) in [5, 5.41) is 22.6. The van der Waals surface area contributed by atoms with Gasteiger partial charge in [0.05, 0.1) is 10.5 Å². The van der Waals surface area contributed by atoms with Crippen molar-refractivity contribution in [2.45, 2.75) is 19.8 Å². The second kappa shape index (κ2) is 8.11. The van der Waals surface area contributed by atoms with Crippen LogP contribution in [0.1, 0.15) is 30.1 Å². The summed E-state index contributed by atoms with van der Waals surface area (Å²) in [7, 11) is 0. The van der Waals surface area contributed by atoms with Crippen LogP contribution in [-0.4, -0.2) is 35.8 Å². The van der Waals surface area contributed by atoms with E-state index in [2.05, 4.69) is 5.32 Å². The standard InChI is InChI=1S/C13H18N2O5/c1-2-7-20-8-3-6-14-12-5-4-10(15(18)19)9-11(12)13(16)17/h4-5,9,14H,2-3,6-8H2,1H3,(H,16,17). The van der Waals surface area contributed by atoms with Gasteiger partial charge < -0.3 is 15.2 Å². The first-order valence-corrected chi connectivity index (χ1v) is 6.39. The maximum atomic E-state index is 11.1. The lowest BCUT2D eigenvalue weighted by molar-refractivity contribution is -0.384. The van der Waals surface area contributed by atoms with E-state index in [0.717, 1.165) is 18.9 Å². The van der Waals surface area contributed by atoms with Gasteiger partial charge in [-0.3, -0.25) is 10.1 Å². The van der Waals surface area contributed by atoms with Crippen molar-refractivity contribution in [3.8, 4) is 0 Å². The molecular weight excluding hydrogens is 264 g/mol. The molecule has 0 unspecified atom stereocenters. The van der Waals surface area contributed by atoms with Crippen LogP contribution in [0.4, 0.5) is 11.4 Å². The van der Waals surface area contributed by atoms with Crippen LogP contribution in [-0.2, 0) is 4.74 Å². The first-order chi connectivity index (χ1) is 9.56. The number of nitro groups is 1. The highest BCUT2D eigenvalue weighted by Crippen LogP contribution is 2.22. The van der Waals surface area contributed by atoms with E-state index in [1.54, 1.807) is 0 Å². The van der Waals surface area contributed by atoms with Crippen LogP contribution in [0, 0.1) is 10.1 Å². The molecule has 0 saturated carbocycles. The van der Waals surface area contributed by atoms with Crippen LogP contribution in [0.5, 0.6) is 0 Å². The van der Waals surface area contributed by atoms with Gasteiger partial charge in [-0.15, -0.1) is 0 Å². The molecule has 1 aromatic rings. The predicted molar refractivity (Wildman–Crippen MR) is 74.3 cm³/mol. The molecule has 0 aliphatic rings. The molecule has 7 heteroatoms. The van der Waals surface area contributed by atoms with Crippen molar-refractivity contribution in [1.29, 1.82) is 0 Å². The number of carbonyl (C=O) groups is 1. The number of rotatable bonds is 9. The summed E-state index contributed by atoms with van der Waals surface area (Å²) in [4.78, 5) is 21.1. The lowest BCUT2D eigenvalue weighted by Crippen LogP contribution is -2.10. The molecular formula is C13H18N2O5. The fourth-order valence-electron chi connectivity index (χ4n) is 1.62. The summed E-state index contributed by atoms with van der Waals surface area (Å²) in [6.07, 6.45) is 1.69. The van der Waals surface area contributed by atoms with Gasteiger partial charge in [-0.05, 0) is 18.9 Å². The molecule has 2 N–H and O–H groups in total. The SMILES string of the molecule is CCCOCCCNc1ccc([N+](=O)[O-])cc1C(=O)O. The maximum Gasteiger partial charge on any atom is 0.338 e. The van der Waals surface area contributed by atoms with Crippen molar-refractivity contribution in [1.82, 2.24) is 0 Å². The molecule has 7 nitrogen and oxygen atoms in total. The zero-order valence-corrected chi connectivity index (χ0v) is 11.3. The number of carboxylic acid groups (broad SMARTS) is 1. The number of carboxylic acids is 1. The van der Waals surface area contributed by atoms with Crippen LogP contribution in [0.3, 0.4) is 0 Å². The van der Waals surface area contributed by atoms with Gasteiger partial charge in [0.25, 0.3) is 5.69 Å². The molecule has 0 spiro atoms. The highest BCUT2D eigenvalue weighted by atomic mass is 16.6. The minimum atomic E-state index is -1.20.